The van der Waals surface area contributed by atoms with E-state index in [1.54, 1.807) is 30.9 Å². The van der Waals surface area contributed by atoms with Gasteiger partial charge < -0.3 is 4.74 Å². The molecule has 3 heterocycles. The fourth-order valence-corrected chi connectivity index (χ4v) is 2.82. The van der Waals surface area contributed by atoms with Crippen molar-refractivity contribution in [3.63, 3.8) is 0 Å². The van der Waals surface area contributed by atoms with Gasteiger partial charge in [0.25, 0.3) is 0 Å². The average Bonchev–Trinajstić information content (AvgIpc) is 2.96. The van der Waals surface area contributed by atoms with E-state index in [0.29, 0.717) is 13.2 Å². The first-order valence-electron chi connectivity index (χ1n) is 7.54. The van der Waals surface area contributed by atoms with Crippen LogP contribution in [0, 0.1) is 0 Å². The van der Waals surface area contributed by atoms with Crippen molar-refractivity contribution < 1.29 is 4.74 Å². The minimum atomic E-state index is -0.162. The molecule has 23 heavy (non-hydrogen) atoms. The third kappa shape index (κ3) is 2.68. The van der Waals surface area contributed by atoms with E-state index < -0.39 is 0 Å². The summed E-state index contributed by atoms with van der Waals surface area (Å²) < 4.78 is 8.47. The van der Waals surface area contributed by atoms with Gasteiger partial charge in [-0.2, -0.15) is 5.10 Å². The van der Waals surface area contributed by atoms with Gasteiger partial charge in [0.05, 0.1) is 25.4 Å². The second-order valence-electron chi connectivity index (χ2n) is 5.55. The van der Waals surface area contributed by atoms with Gasteiger partial charge in [-0.25, -0.2) is 14.0 Å². The highest BCUT2D eigenvalue weighted by Gasteiger charge is 2.12. The Labute approximate surface area is 133 Å². The van der Waals surface area contributed by atoms with E-state index in [4.69, 9.17) is 4.74 Å². The Morgan fingerprint density at radius 1 is 1.13 bits per heavy atom. The highest BCUT2D eigenvalue weighted by Crippen LogP contribution is 2.18. The van der Waals surface area contributed by atoms with Crippen LogP contribution in [0.3, 0.4) is 0 Å². The lowest BCUT2D eigenvalue weighted by molar-refractivity contribution is 0.110. The van der Waals surface area contributed by atoms with Gasteiger partial charge in [-0.3, -0.25) is 4.98 Å². The molecule has 0 radical (unpaired) electrons. The number of hydrogen-bond donors (Lipinski definition) is 0. The average molecular weight is 308 g/mol. The molecule has 0 N–H and O–H groups in total. The second-order valence-corrected chi connectivity index (χ2v) is 5.55. The van der Waals surface area contributed by atoms with Gasteiger partial charge in [0.2, 0.25) is 0 Å². The molecule has 0 unspecified atom stereocenters. The summed E-state index contributed by atoms with van der Waals surface area (Å²) in [6, 6.07) is 9.85. The maximum Gasteiger partial charge on any atom is 0.350 e. The summed E-state index contributed by atoms with van der Waals surface area (Å²) in [6.45, 7) is 1.87. The van der Waals surface area contributed by atoms with Crippen LogP contribution in [0.1, 0.15) is 16.7 Å². The molecular formula is C17H16N4O2. The number of hydrogen-bond acceptors (Lipinski definition) is 4. The van der Waals surface area contributed by atoms with Gasteiger partial charge in [0, 0.05) is 12.4 Å². The summed E-state index contributed by atoms with van der Waals surface area (Å²) >= 11 is 0. The van der Waals surface area contributed by atoms with Gasteiger partial charge in [-0.15, -0.1) is 0 Å². The van der Waals surface area contributed by atoms with Crippen LogP contribution in [-0.2, 0) is 24.3 Å². The van der Waals surface area contributed by atoms with Crippen LogP contribution in [0.2, 0.25) is 0 Å². The molecule has 1 aromatic carbocycles. The van der Waals surface area contributed by atoms with Crippen molar-refractivity contribution in [1.29, 1.82) is 0 Å². The Morgan fingerprint density at radius 2 is 2.00 bits per heavy atom. The summed E-state index contributed by atoms with van der Waals surface area (Å²) in [6.07, 6.45) is 5.80. The highest BCUT2D eigenvalue weighted by atomic mass is 16.5. The zero-order valence-corrected chi connectivity index (χ0v) is 12.6. The fourth-order valence-electron chi connectivity index (χ4n) is 2.82. The maximum atomic E-state index is 12.5. The molecule has 0 atom stereocenters. The zero-order chi connectivity index (χ0) is 15.6. The lowest BCUT2D eigenvalue weighted by Gasteiger charge is -2.17. The molecule has 6 nitrogen and oxygen atoms in total. The summed E-state index contributed by atoms with van der Waals surface area (Å²) in [5.41, 5.74) is 4.18. The molecule has 116 valence electrons. The Kier molecular flexibility index (Phi) is 3.51. The van der Waals surface area contributed by atoms with E-state index in [9.17, 15) is 4.79 Å². The molecule has 0 saturated heterocycles. The highest BCUT2D eigenvalue weighted by molar-refractivity contribution is 5.33. The molecule has 0 spiro atoms. The van der Waals surface area contributed by atoms with E-state index in [-0.39, 0.29) is 5.69 Å². The Bertz CT molecular complexity index is 883. The van der Waals surface area contributed by atoms with Crippen molar-refractivity contribution in [1.82, 2.24) is 19.3 Å². The first-order chi connectivity index (χ1) is 11.3. The molecule has 4 rings (SSSR count). The molecule has 0 amide bonds. The molecule has 0 saturated carbocycles. The topological polar surface area (TPSA) is 61.9 Å². The van der Waals surface area contributed by atoms with Crippen LogP contribution in [-0.4, -0.2) is 25.9 Å². The normalized spacial score (nSPS) is 13.7. The predicted molar refractivity (Wildman–Crippen MR) is 84.5 cm³/mol. The molecule has 2 aromatic heterocycles. The molecule has 1 aliphatic heterocycles. The SMILES string of the molecule is O=c1n(-c2ccncc2)cnn1Cc1ccc2c(c1)COCC2. The van der Waals surface area contributed by atoms with Crippen molar-refractivity contribution in [3.8, 4) is 5.69 Å². The fraction of sp³-hybridized carbons (Fsp3) is 0.235. The summed E-state index contributed by atoms with van der Waals surface area (Å²) in [4.78, 5) is 16.4. The van der Waals surface area contributed by atoms with Crippen LogP contribution < -0.4 is 5.69 Å². The van der Waals surface area contributed by atoms with Crippen molar-refractivity contribution in [2.75, 3.05) is 6.61 Å². The van der Waals surface area contributed by atoms with Crippen molar-refractivity contribution >= 4 is 0 Å². The smallest absolute Gasteiger partial charge is 0.350 e. The van der Waals surface area contributed by atoms with E-state index in [0.717, 1.165) is 24.3 Å². The number of ether oxygens (including phenoxy) is 1. The Hall–Kier alpha value is -2.73. The summed E-state index contributed by atoms with van der Waals surface area (Å²) in [5, 5.41) is 4.21. The van der Waals surface area contributed by atoms with Crippen molar-refractivity contribution in [2.24, 2.45) is 0 Å². The number of pyridine rings is 1. The number of aromatic nitrogens is 4. The van der Waals surface area contributed by atoms with Gasteiger partial charge in [-0.05, 0) is 35.2 Å². The third-order valence-corrected chi connectivity index (χ3v) is 4.05. The first kappa shape index (κ1) is 13.9. The molecule has 3 aromatic rings. The molecule has 0 aliphatic carbocycles. The zero-order valence-electron chi connectivity index (χ0n) is 12.6. The second kappa shape index (κ2) is 5.81. The molecule has 0 fully saturated rings. The third-order valence-electron chi connectivity index (χ3n) is 4.05. The number of fused-ring (bicyclic) bond motifs is 1. The number of rotatable bonds is 3. The van der Waals surface area contributed by atoms with Crippen LogP contribution in [0.25, 0.3) is 5.69 Å². The minimum Gasteiger partial charge on any atom is -0.376 e. The number of nitrogens with zero attached hydrogens (tertiary/aromatic N) is 4. The van der Waals surface area contributed by atoms with Crippen LogP contribution in [0.4, 0.5) is 0 Å². The standard InChI is InChI=1S/C17H16N4O2/c22-17-20(16-3-6-18-7-4-16)12-19-21(17)10-13-1-2-14-5-8-23-11-15(14)9-13/h1-4,6-7,9,12H,5,8,10-11H2. The van der Waals surface area contributed by atoms with E-state index in [1.807, 2.05) is 0 Å². The quantitative estimate of drug-likeness (QED) is 0.736. The lowest BCUT2D eigenvalue weighted by atomic mass is 10.0. The molecule has 6 heteroatoms. The van der Waals surface area contributed by atoms with Crippen molar-refractivity contribution in [2.45, 2.75) is 19.6 Å². The molecular weight excluding hydrogens is 292 g/mol. The van der Waals surface area contributed by atoms with Crippen LogP contribution in [0.15, 0.2) is 53.8 Å². The van der Waals surface area contributed by atoms with Gasteiger partial charge in [-0.1, -0.05) is 18.2 Å². The van der Waals surface area contributed by atoms with Gasteiger partial charge in [0.1, 0.15) is 6.33 Å². The maximum absolute atomic E-state index is 12.5. The summed E-state index contributed by atoms with van der Waals surface area (Å²) in [7, 11) is 0. The summed E-state index contributed by atoms with van der Waals surface area (Å²) in [5.74, 6) is 0. The minimum absolute atomic E-state index is 0.162. The monoisotopic (exact) mass is 308 g/mol. The van der Waals surface area contributed by atoms with Crippen LogP contribution >= 0.6 is 0 Å². The number of benzene rings is 1. The lowest BCUT2D eigenvalue weighted by Crippen LogP contribution is -2.24. The first-order valence-corrected chi connectivity index (χ1v) is 7.54. The van der Waals surface area contributed by atoms with Crippen molar-refractivity contribution in [3.05, 3.63) is 76.2 Å². The molecule has 1 aliphatic rings. The van der Waals surface area contributed by atoms with E-state index >= 15 is 0 Å². The predicted octanol–water partition coefficient (Wildman–Crippen LogP) is 1.55. The Morgan fingerprint density at radius 3 is 2.87 bits per heavy atom. The van der Waals surface area contributed by atoms with Gasteiger partial charge in [0.15, 0.2) is 0 Å². The molecule has 0 bridgehead atoms. The van der Waals surface area contributed by atoms with Crippen LogP contribution in [0.5, 0.6) is 0 Å². The largest absolute Gasteiger partial charge is 0.376 e. The van der Waals surface area contributed by atoms with E-state index in [2.05, 4.69) is 28.3 Å². The van der Waals surface area contributed by atoms with E-state index in [1.165, 1.54) is 20.4 Å². The Balaban J connectivity index is 1.63. The van der Waals surface area contributed by atoms with Gasteiger partial charge >= 0.3 is 5.69 Å².